The molecule has 0 aliphatic rings. The van der Waals surface area contributed by atoms with E-state index in [1.54, 1.807) is 12.1 Å². The maximum Gasteiger partial charge on any atom is 0.249 e. The summed E-state index contributed by atoms with van der Waals surface area (Å²) in [7, 11) is 0. The second kappa shape index (κ2) is 11.6. The molecule has 0 fully saturated rings. The number of unbranched alkanes of at least 4 members (excludes halogenated alkanes) is 2. The van der Waals surface area contributed by atoms with Gasteiger partial charge < -0.3 is 5.32 Å². The van der Waals surface area contributed by atoms with Gasteiger partial charge in [-0.2, -0.15) is 0 Å². The first kappa shape index (κ1) is 22.9. The van der Waals surface area contributed by atoms with Crippen molar-refractivity contribution in [2.24, 2.45) is 0 Å². The lowest BCUT2D eigenvalue weighted by atomic mass is 10.0. The van der Waals surface area contributed by atoms with Crippen molar-refractivity contribution in [1.82, 2.24) is 15.5 Å². The van der Waals surface area contributed by atoms with Crippen LogP contribution < -0.4 is 10.6 Å². The Morgan fingerprint density at radius 2 is 1.87 bits per heavy atom. The molecule has 0 unspecified atom stereocenters. The summed E-state index contributed by atoms with van der Waals surface area (Å²) in [5, 5.41) is 15.5. The van der Waals surface area contributed by atoms with E-state index in [-0.39, 0.29) is 11.8 Å². The number of hydrogen-bond acceptors (Lipinski definition) is 5. The molecule has 0 spiro atoms. The normalized spacial score (nSPS) is 11.7. The molecule has 1 aromatic heterocycles. The van der Waals surface area contributed by atoms with Crippen molar-refractivity contribution >= 4 is 39.9 Å². The zero-order chi connectivity index (χ0) is 22.1. The number of rotatable bonds is 10. The Bertz CT molecular complexity index is 1010. The summed E-state index contributed by atoms with van der Waals surface area (Å²) < 4.78 is 0. The predicted molar refractivity (Wildman–Crippen MR) is 125 cm³/mol. The van der Waals surface area contributed by atoms with Crippen LogP contribution in [0.4, 0.5) is 5.13 Å². The Balaban J connectivity index is 1.69. The van der Waals surface area contributed by atoms with E-state index in [1.807, 2.05) is 42.5 Å². The minimum Gasteiger partial charge on any atom is -0.344 e. The number of nitrogens with zero attached hydrogens (tertiary/aromatic N) is 2. The summed E-state index contributed by atoms with van der Waals surface area (Å²) in [6.07, 6.45) is 3.63. The Labute approximate surface area is 191 Å². The number of nitrogens with one attached hydrogen (secondary N) is 2. The molecule has 0 saturated carbocycles. The fourth-order valence-electron chi connectivity index (χ4n) is 3.07. The maximum absolute atomic E-state index is 13.0. The zero-order valence-electron chi connectivity index (χ0n) is 17.3. The molecule has 2 amide bonds. The molecule has 2 aromatic carbocycles. The van der Waals surface area contributed by atoms with Crippen LogP contribution in [-0.4, -0.2) is 28.1 Å². The highest BCUT2D eigenvalue weighted by Gasteiger charge is 2.22. The van der Waals surface area contributed by atoms with Crippen molar-refractivity contribution in [1.29, 1.82) is 0 Å². The molecule has 162 valence electrons. The summed E-state index contributed by atoms with van der Waals surface area (Å²) in [5.74, 6) is -0.442. The van der Waals surface area contributed by atoms with Crippen LogP contribution >= 0.6 is 22.9 Å². The fraction of sp³-hybridized carbons (Fsp3) is 0.304. The lowest BCUT2D eigenvalue weighted by Gasteiger charge is -2.18. The first-order valence-corrected chi connectivity index (χ1v) is 11.5. The van der Waals surface area contributed by atoms with E-state index in [9.17, 15) is 9.59 Å². The number of carbonyl (C=O) groups excluding carboxylic acids is 2. The molecule has 1 heterocycles. The topological polar surface area (TPSA) is 84.0 Å². The molecule has 1 atom stereocenters. The van der Waals surface area contributed by atoms with Crippen molar-refractivity contribution in [2.75, 3.05) is 5.32 Å². The van der Waals surface area contributed by atoms with Gasteiger partial charge in [0.25, 0.3) is 0 Å². The molecule has 0 aliphatic heterocycles. The van der Waals surface area contributed by atoms with Crippen molar-refractivity contribution in [3.05, 3.63) is 65.2 Å². The molecule has 3 rings (SSSR count). The minimum absolute atomic E-state index is 0.124. The minimum atomic E-state index is -0.699. The summed E-state index contributed by atoms with van der Waals surface area (Å²) in [5.41, 5.74) is 1.80. The molecule has 8 heteroatoms. The number of anilines is 1. The number of aromatic nitrogens is 2. The van der Waals surface area contributed by atoms with Crippen molar-refractivity contribution in [3.8, 4) is 10.6 Å². The molecule has 0 aliphatic carbocycles. The van der Waals surface area contributed by atoms with E-state index >= 15 is 0 Å². The van der Waals surface area contributed by atoms with Gasteiger partial charge in [-0.05, 0) is 24.1 Å². The quantitative estimate of drug-likeness (QED) is 0.415. The second-order valence-corrected chi connectivity index (χ2v) is 8.59. The van der Waals surface area contributed by atoms with E-state index in [0.717, 1.165) is 30.4 Å². The van der Waals surface area contributed by atoms with Gasteiger partial charge in [-0.25, -0.2) is 0 Å². The fourth-order valence-corrected chi connectivity index (χ4v) is 4.00. The summed E-state index contributed by atoms with van der Waals surface area (Å²) in [6.45, 7) is 2.09. The lowest BCUT2D eigenvalue weighted by molar-refractivity contribution is -0.126. The van der Waals surface area contributed by atoms with E-state index in [0.29, 0.717) is 28.0 Å². The molecule has 0 radical (unpaired) electrons. The molecule has 3 aromatic rings. The van der Waals surface area contributed by atoms with Crippen LogP contribution in [0.5, 0.6) is 0 Å². The van der Waals surface area contributed by atoms with Gasteiger partial charge in [0.1, 0.15) is 11.0 Å². The largest absolute Gasteiger partial charge is 0.344 e. The van der Waals surface area contributed by atoms with Crippen molar-refractivity contribution in [3.63, 3.8) is 0 Å². The van der Waals surface area contributed by atoms with E-state index in [1.165, 1.54) is 11.3 Å². The lowest BCUT2D eigenvalue weighted by Crippen LogP contribution is -2.45. The SMILES string of the molecule is CCCCCC(=O)N[C@H](Cc1ccccc1)C(=O)Nc1nnc(-c2cccc(Cl)c2)s1. The predicted octanol–water partition coefficient (Wildman–Crippen LogP) is 5.10. The number of carbonyl (C=O) groups is 2. The Morgan fingerprint density at radius 1 is 1.06 bits per heavy atom. The monoisotopic (exact) mass is 456 g/mol. The molecule has 2 N–H and O–H groups in total. The summed E-state index contributed by atoms with van der Waals surface area (Å²) in [4.78, 5) is 25.3. The number of halogens is 1. The van der Waals surface area contributed by atoms with Crippen molar-refractivity contribution in [2.45, 2.75) is 45.1 Å². The van der Waals surface area contributed by atoms with Crippen LogP contribution in [0.25, 0.3) is 10.6 Å². The standard InChI is InChI=1S/C23H25ClN4O2S/c1-2-3-5-13-20(29)25-19(14-16-9-6-4-7-10-16)21(30)26-23-28-27-22(31-23)17-11-8-12-18(24)15-17/h4,6-12,15,19H,2-3,5,13-14H2,1H3,(H,25,29)(H,26,28,30)/t19-/m1/s1. The average Bonchev–Trinajstić information content (AvgIpc) is 3.23. The van der Waals surface area contributed by atoms with Gasteiger partial charge in [0.05, 0.1) is 0 Å². The van der Waals surface area contributed by atoms with Crippen LogP contribution in [-0.2, 0) is 16.0 Å². The third-order valence-corrected chi connectivity index (χ3v) is 5.79. The first-order chi connectivity index (χ1) is 15.0. The van der Waals surface area contributed by atoms with Crippen LogP contribution in [0.2, 0.25) is 5.02 Å². The highest BCUT2D eigenvalue weighted by Crippen LogP contribution is 2.28. The van der Waals surface area contributed by atoms with Gasteiger partial charge in [-0.1, -0.05) is 85.2 Å². The molecule has 0 saturated heterocycles. The third-order valence-electron chi connectivity index (χ3n) is 4.67. The molecule has 31 heavy (non-hydrogen) atoms. The highest BCUT2D eigenvalue weighted by atomic mass is 35.5. The van der Waals surface area contributed by atoms with Crippen LogP contribution in [0.3, 0.4) is 0 Å². The third kappa shape index (κ3) is 7.15. The Kier molecular flexibility index (Phi) is 8.55. The van der Waals surface area contributed by atoms with E-state index in [2.05, 4.69) is 27.8 Å². The molecular weight excluding hydrogens is 432 g/mol. The van der Waals surface area contributed by atoms with Crippen molar-refractivity contribution < 1.29 is 9.59 Å². The second-order valence-electron chi connectivity index (χ2n) is 7.18. The summed E-state index contributed by atoms with van der Waals surface area (Å²) >= 11 is 7.30. The van der Waals surface area contributed by atoms with Crippen LogP contribution in [0.15, 0.2) is 54.6 Å². The number of hydrogen-bond donors (Lipinski definition) is 2. The molecular formula is C23H25ClN4O2S. The van der Waals surface area contributed by atoms with Gasteiger partial charge in [0, 0.05) is 23.4 Å². The Morgan fingerprint density at radius 3 is 2.61 bits per heavy atom. The number of benzene rings is 2. The maximum atomic E-state index is 13.0. The number of amides is 2. The van der Waals surface area contributed by atoms with Gasteiger partial charge in [-0.15, -0.1) is 10.2 Å². The van der Waals surface area contributed by atoms with Gasteiger partial charge in [-0.3, -0.25) is 14.9 Å². The Hall–Kier alpha value is -2.77. The first-order valence-electron chi connectivity index (χ1n) is 10.3. The van der Waals surface area contributed by atoms with E-state index in [4.69, 9.17) is 11.6 Å². The van der Waals surface area contributed by atoms with Gasteiger partial charge in [0.15, 0.2) is 0 Å². The van der Waals surface area contributed by atoms with Crippen LogP contribution in [0, 0.1) is 0 Å². The highest BCUT2D eigenvalue weighted by molar-refractivity contribution is 7.18. The average molecular weight is 457 g/mol. The summed E-state index contributed by atoms with van der Waals surface area (Å²) in [6, 6.07) is 16.2. The smallest absolute Gasteiger partial charge is 0.249 e. The van der Waals surface area contributed by atoms with Crippen LogP contribution in [0.1, 0.15) is 38.2 Å². The van der Waals surface area contributed by atoms with Gasteiger partial charge >= 0.3 is 0 Å². The van der Waals surface area contributed by atoms with E-state index < -0.39 is 6.04 Å². The molecule has 0 bridgehead atoms. The zero-order valence-corrected chi connectivity index (χ0v) is 18.9. The molecule has 6 nitrogen and oxygen atoms in total. The van der Waals surface area contributed by atoms with Gasteiger partial charge in [0.2, 0.25) is 16.9 Å².